The molecule has 0 fully saturated rings. The van der Waals surface area contributed by atoms with E-state index in [9.17, 15) is 13.2 Å². The lowest BCUT2D eigenvalue weighted by Crippen LogP contribution is -2.32. The lowest BCUT2D eigenvalue weighted by atomic mass is 10.1. The van der Waals surface area contributed by atoms with Crippen molar-refractivity contribution in [2.75, 3.05) is 18.4 Å². The number of anilines is 1. The fourth-order valence-electron chi connectivity index (χ4n) is 2.54. The summed E-state index contributed by atoms with van der Waals surface area (Å²) in [5.74, 6) is -0.0888. The topological polar surface area (TPSA) is 66.5 Å². The first-order chi connectivity index (χ1) is 11.4. The van der Waals surface area contributed by atoms with Crippen LogP contribution in [0.2, 0.25) is 0 Å². The maximum absolute atomic E-state index is 12.7. The molecule has 0 aromatic heterocycles. The van der Waals surface area contributed by atoms with Crippen LogP contribution < -0.4 is 5.32 Å². The van der Waals surface area contributed by atoms with Gasteiger partial charge in [0.25, 0.3) is 0 Å². The summed E-state index contributed by atoms with van der Waals surface area (Å²) in [6.45, 7) is 8.90. The summed E-state index contributed by atoms with van der Waals surface area (Å²) in [4.78, 5) is 12.3. The van der Waals surface area contributed by atoms with Crippen molar-refractivity contribution in [1.29, 1.82) is 0 Å². The molecule has 0 radical (unpaired) electrons. The van der Waals surface area contributed by atoms with E-state index in [1.807, 2.05) is 27.7 Å². The van der Waals surface area contributed by atoms with Crippen molar-refractivity contribution in [3.63, 3.8) is 0 Å². The Hall–Kier alpha value is -1.40. The molecule has 1 atom stereocenters. The lowest BCUT2D eigenvalue weighted by Gasteiger charge is -2.21. The molecule has 1 N–H and O–H groups in total. The minimum Gasteiger partial charge on any atom is -0.326 e. The number of nitrogens with zero attached hydrogens (tertiary/aromatic N) is 1. The molecule has 1 amide bonds. The van der Waals surface area contributed by atoms with Gasteiger partial charge in [0, 0.05) is 24.7 Å². The highest BCUT2D eigenvalue weighted by molar-refractivity contribution is 7.89. The van der Waals surface area contributed by atoms with Crippen molar-refractivity contribution in [1.82, 2.24) is 4.31 Å². The molecule has 0 spiro atoms. The zero-order valence-corrected chi connectivity index (χ0v) is 16.0. The molecule has 24 heavy (non-hydrogen) atoms. The first-order valence-corrected chi connectivity index (χ1v) is 10.2. The standard InChI is InChI=1S/C18H30N2O3S/c1-5-8-15(4)18(21)19-16-9-11-17(12-10-16)24(22,23)20(13-6-2)14-7-3/h9-12,15H,5-8,13-14H2,1-4H3,(H,19,21)/t15-/m0/s1. The molecule has 136 valence electrons. The van der Waals surface area contributed by atoms with Crippen molar-refractivity contribution >= 4 is 21.6 Å². The number of hydrogen-bond acceptors (Lipinski definition) is 3. The van der Waals surface area contributed by atoms with Gasteiger partial charge in [-0.05, 0) is 43.5 Å². The van der Waals surface area contributed by atoms with E-state index in [1.165, 1.54) is 4.31 Å². The van der Waals surface area contributed by atoms with Gasteiger partial charge in [0.15, 0.2) is 0 Å². The molecule has 0 heterocycles. The van der Waals surface area contributed by atoms with Crippen LogP contribution in [-0.4, -0.2) is 31.7 Å². The summed E-state index contributed by atoms with van der Waals surface area (Å²) in [6, 6.07) is 6.43. The number of amides is 1. The molecule has 0 saturated carbocycles. The minimum absolute atomic E-state index is 0.0361. The van der Waals surface area contributed by atoms with Crippen LogP contribution in [0.4, 0.5) is 5.69 Å². The Labute approximate surface area is 146 Å². The normalized spacial score (nSPS) is 13.0. The van der Waals surface area contributed by atoms with Gasteiger partial charge in [-0.15, -0.1) is 0 Å². The van der Waals surface area contributed by atoms with Crippen LogP contribution in [0.15, 0.2) is 29.2 Å². The van der Waals surface area contributed by atoms with Gasteiger partial charge >= 0.3 is 0 Å². The number of sulfonamides is 1. The van der Waals surface area contributed by atoms with Gasteiger partial charge in [-0.2, -0.15) is 4.31 Å². The SMILES string of the molecule is CCC[C@H](C)C(=O)Nc1ccc(S(=O)(=O)N(CCC)CCC)cc1. The van der Waals surface area contributed by atoms with Crippen molar-refractivity contribution in [3.05, 3.63) is 24.3 Å². The van der Waals surface area contributed by atoms with Crippen molar-refractivity contribution in [2.45, 2.75) is 58.3 Å². The van der Waals surface area contributed by atoms with Crippen LogP contribution in [0.5, 0.6) is 0 Å². The number of benzene rings is 1. The van der Waals surface area contributed by atoms with Crippen LogP contribution in [0.3, 0.4) is 0 Å². The Morgan fingerprint density at radius 2 is 1.58 bits per heavy atom. The van der Waals surface area contributed by atoms with Crippen LogP contribution >= 0.6 is 0 Å². The van der Waals surface area contributed by atoms with E-state index < -0.39 is 10.0 Å². The average Bonchev–Trinajstić information content (AvgIpc) is 2.55. The molecule has 0 saturated heterocycles. The molecule has 0 aliphatic heterocycles. The largest absolute Gasteiger partial charge is 0.326 e. The average molecular weight is 355 g/mol. The van der Waals surface area contributed by atoms with E-state index in [0.29, 0.717) is 18.8 Å². The van der Waals surface area contributed by atoms with Gasteiger partial charge in [0.1, 0.15) is 0 Å². The molecule has 0 unspecified atom stereocenters. The highest BCUT2D eigenvalue weighted by atomic mass is 32.2. The number of carbonyl (C=O) groups excluding carboxylic acids is 1. The Morgan fingerprint density at radius 3 is 2.04 bits per heavy atom. The Kier molecular flexibility index (Phi) is 8.42. The fraction of sp³-hybridized carbons (Fsp3) is 0.611. The van der Waals surface area contributed by atoms with Gasteiger partial charge in [-0.3, -0.25) is 4.79 Å². The zero-order valence-electron chi connectivity index (χ0n) is 15.2. The third-order valence-corrected chi connectivity index (χ3v) is 5.79. The van der Waals surface area contributed by atoms with E-state index in [0.717, 1.165) is 25.7 Å². The molecule has 1 aromatic rings. The smallest absolute Gasteiger partial charge is 0.243 e. The van der Waals surface area contributed by atoms with Crippen LogP contribution in [0, 0.1) is 5.92 Å². The highest BCUT2D eigenvalue weighted by Crippen LogP contribution is 2.20. The Balaban J connectivity index is 2.87. The third-order valence-electron chi connectivity index (χ3n) is 3.87. The first-order valence-electron chi connectivity index (χ1n) is 8.77. The predicted octanol–water partition coefficient (Wildman–Crippen LogP) is 3.87. The molecule has 0 aliphatic rings. The number of carbonyl (C=O) groups is 1. The second-order valence-corrected chi connectivity index (χ2v) is 8.05. The van der Waals surface area contributed by atoms with Gasteiger partial charge in [-0.25, -0.2) is 8.42 Å². The fourth-order valence-corrected chi connectivity index (χ4v) is 4.16. The molecular formula is C18H30N2O3S. The minimum atomic E-state index is -3.47. The van der Waals surface area contributed by atoms with E-state index in [2.05, 4.69) is 5.32 Å². The lowest BCUT2D eigenvalue weighted by molar-refractivity contribution is -0.119. The number of hydrogen-bond donors (Lipinski definition) is 1. The summed E-state index contributed by atoms with van der Waals surface area (Å²) < 4.78 is 26.9. The maximum Gasteiger partial charge on any atom is 0.243 e. The van der Waals surface area contributed by atoms with E-state index >= 15 is 0 Å². The quantitative estimate of drug-likeness (QED) is 0.693. The van der Waals surface area contributed by atoms with Crippen LogP contribution in [0.25, 0.3) is 0 Å². The maximum atomic E-state index is 12.7. The van der Waals surface area contributed by atoms with Gasteiger partial charge < -0.3 is 5.32 Å². The Morgan fingerprint density at radius 1 is 1.04 bits per heavy atom. The van der Waals surface area contributed by atoms with Crippen LogP contribution in [-0.2, 0) is 14.8 Å². The monoisotopic (exact) mass is 354 g/mol. The summed E-state index contributed by atoms with van der Waals surface area (Å²) in [5, 5.41) is 2.84. The predicted molar refractivity (Wildman–Crippen MR) is 98.5 cm³/mol. The van der Waals surface area contributed by atoms with Gasteiger partial charge in [0.05, 0.1) is 4.90 Å². The molecule has 0 aliphatic carbocycles. The molecule has 1 aromatic carbocycles. The molecular weight excluding hydrogens is 324 g/mol. The van der Waals surface area contributed by atoms with Crippen LogP contribution in [0.1, 0.15) is 53.4 Å². The van der Waals surface area contributed by atoms with E-state index in [4.69, 9.17) is 0 Å². The molecule has 6 heteroatoms. The third kappa shape index (κ3) is 5.60. The molecule has 5 nitrogen and oxygen atoms in total. The molecule has 1 rings (SSSR count). The first kappa shape index (κ1) is 20.6. The van der Waals surface area contributed by atoms with E-state index in [1.54, 1.807) is 24.3 Å². The zero-order chi connectivity index (χ0) is 18.2. The highest BCUT2D eigenvalue weighted by Gasteiger charge is 2.23. The van der Waals surface area contributed by atoms with Crippen molar-refractivity contribution in [2.24, 2.45) is 5.92 Å². The van der Waals surface area contributed by atoms with Gasteiger partial charge in [0.2, 0.25) is 15.9 Å². The number of rotatable bonds is 10. The second kappa shape index (κ2) is 9.79. The summed E-state index contributed by atoms with van der Waals surface area (Å²) in [5.41, 5.74) is 0.624. The van der Waals surface area contributed by atoms with Gasteiger partial charge in [-0.1, -0.05) is 34.1 Å². The van der Waals surface area contributed by atoms with E-state index in [-0.39, 0.29) is 16.7 Å². The summed E-state index contributed by atoms with van der Waals surface area (Å²) >= 11 is 0. The summed E-state index contributed by atoms with van der Waals surface area (Å²) in [7, 11) is -3.47. The second-order valence-electron chi connectivity index (χ2n) is 6.11. The Bertz CT molecular complexity index is 606. The number of nitrogens with one attached hydrogen (secondary N) is 1. The van der Waals surface area contributed by atoms with Crippen molar-refractivity contribution in [3.8, 4) is 0 Å². The molecule has 0 bridgehead atoms. The van der Waals surface area contributed by atoms with Crippen molar-refractivity contribution < 1.29 is 13.2 Å². The summed E-state index contributed by atoms with van der Waals surface area (Å²) in [6.07, 6.45) is 3.35.